The first-order valence-electron chi connectivity index (χ1n) is 6.12. The number of aliphatic imine (C=N–C) groups is 1. The standard InChI is InChI=1S/C13H20N4/c14-13(15)16-12(10-17-8-4-5-9-17)11-6-2-1-3-7-11/h1-3,6-7,12H,4-5,8-10H2,(H4,14,15,16). The summed E-state index contributed by atoms with van der Waals surface area (Å²) in [6.45, 7) is 3.22. The van der Waals surface area contributed by atoms with Gasteiger partial charge >= 0.3 is 0 Å². The Balaban J connectivity index is 2.10. The molecule has 1 fully saturated rings. The molecular weight excluding hydrogens is 212 g/mol. The highest BCUT2D eigenvalue weighted by atomic mass is 15.2. The molecule has 1 aliphatic rings. The van der Waals surface area contributed by atoms with Crippen LogP contribution in [0.1, 0.15) is 24.4 Å². The van der Waals surface area contributed by atoms with Gasteiger partial charge in [-0.1, -0.05) is 30.3 Å². The average Bonchev–Trinajstić information content (AvgIpc) is 2.82. The third-order valence-electron chi connectivity index (χ3n) is 3.12. The summed E-state index contributed by atoms with van der Waals surface area (Å²) in [5.41, 5.74) is 12.2. The third-order valence-corrected chi connectivity index (χ3v) is 3.12. The first-order valence-corrected chi connectivity index (χ1v) is 6.12. The zero-order valence-corrected chi connectivity index (χ0v) is 10.0. The van der Waals surface area contributed by atoms with Gasteiger partial charge in [-0.2, -0.15) is 0 Å². The Hall–Kier alpha value is -1.55. The number of guanidine groups is 1. The molecule has 0 amide bonds. The van der Waals surface area contributed by atoms with Gasteiger partial charge in [0, 0.05) is 6.54 Å². The number of hydrogen-bond acceptors (Lipinski definition) is 2. The summed E-state index contributed by atoms with van der Waals surface area (Å²) in [7, 11) is 0. The fraction of sp³-hybridized carbons (Fsp3) is 0.462. The first-order chi connectivity index (χ1) is 8.25. The molecule has 1 aliphatic heterocycles. The molecule has 0 aliphatic carbocycles. The molecule has 1 aromatic carbocycles. The van der Waals surface area contributed by atoms with Crippen molar-refractivity contribution >= 4 is 5.96 Å². The minimum absolute atomic E-state index is 0.0549. The fourth-order valence-corrected chi connectivity index (χ4v) is 2.29. The lowest BCUT2D eigenvalue weighted by molar-refractivity contribution is 0.317. The quantitative estimate of drug-likeness (QED) is 0.603. The second kappa shape index (κ2) is 5.68. The first kappa shape index (κ1) is 11.9. The molecule has 0 radical (unpaired) electrons. The molecule has 4 N–H and O–H groups in total. The summed E-state index contributed by atoms with van der Waals surface area (Å²) >= 11 is 0. The monoisotopic (exact) mass is 232 g/mol. The molecule has 2 rings (SSSR count). The van der Waals surface area contributed by atoms with Crippen LogP contribution in [0.15, 0.2) is 35.3 Å². The van der Waals surface area contributed by atoms with Gasteiger partial charge < -0.3 is 16.4 Å². The van der Waals surface area contributed by atoms with Crippen LogP contribution >= 0.6 is 0 Å². The predicted octanol–water partition coefficient (Wildman–Crippen LogP) is 1.10. The van der Waals surface area contributed by atoms with Crippen LogP contribution in [0.2, 0.25) is 0 Å². The highest BCUT2D eigenvalue weighted by molar-refractivity contribution is 5.76. The summed E-state index contributed by atoms with van der Waals surface area (Å²) < 4.78 is 0. The predicted molar refractivity (Wildman–Crippen MR) is 70.7 cm³/mol. The van der Waals surface area contributed by atoms with E-state index in [0.717, 1.165) is 19.6 Å². The topological polar surface area (TPSA) is 67.6 Å². The van der Waals surface area contributed by atoms with E-state index in [0.29, 0.717) is 0 Å². The Morgan fingerprint density at radius 1 is 1.18 bits per heavy atom. The molecular formula is C13H20N4. The van der Waals surface area contributed by atoms with Gasteiger partial charge in [0.2, 0.25) is 0 Å². The number of nitrogens with zero attached hydrogens (tertiary/aromatic N) is 2. The van der Waals surface area contributed by atoms with Crippen LogP contribution < -0.4 is 11.5 Å². The van der Waals surface area contributed by atoms with Crippen LogP contribution in [0.4, 0.5) is 0 Å². The maximum Gasteiger partial charge on any atom is 0.186 e. The van der Waals surface area contributed by atoms with E-state index in [9.17, 15) is 0 Å². The minimum atomic E-state index is 0.0549. The van der Waals surface area contributed by atoms with E-state index < -0.39 is 0 Å². The van der Waals surface area contributed by atoms with Crippen molar-refractivity contribution in [3.63, 3.8) is 0 Å². The molecule has 1 aromatic rings. The molecule has 0 spiro atoms. The highest BCUT2D eigenvalue weighted by Gasteiger charge is 2.18. The van der Waals surface area contributed by atoms with Crippen molar-refractivity contribution in [1.82, 2.24) is 4.90 Å². The summed E-state index contributed by atoms with van der Waals surface area (Å²) in [6, 6.07) is 10.3. The van der Waals surface area contributed by atoms with Crippen LogP contribution in [0.25, 0.3) is 0 Å². The Morgan fingerprint density at radius 2 is 1.82 bits per heavy atom. The van der Waals surface area contributed by atoms with Crippen molar-refractivity contribution in [2.24, 2.45) is 16.5 Å². The van der Waals surface area contributed by atoms with E-state index in [1.165, 1.54) is 18.4 Å². The second-order valence-electron chi connectivity index (χ2n) is 4.49. The Morgan fingerprint density at radius 3 is 2.41 bits per heavy atom. The number of nitrogens with two attached hydrogens (primary N) is 2. The molecule has 1 unspecified atom stereocenters. The molecule has 4 heteroatoms. The molecule has 92 valence electrons. The zero-order valence-electron chi connectivity index (χ0n) is 10.0. The molecule has 1 atom stereocenters. The van der Waals surface area contributed by atoms with Crippen molar-refractivity contribution in [3.8, 4) is 0 Å². The van der Waals surface area contributed by atoms with E-state index in [4.69, 9.17) is 11.5 Å². The van der Waals surface area contributed by atoms with Gasteiger partial charge in [-0.3, -0.25) is 0 Å². The van der Waals surface area contributed by atoms with Gasteiger partial charge in [0.25, 0.3) is 0 Å². The number of likely N-dealkylation sites (tertiary alicyclic amines) is 1. The maximum absolute atomic E-state index is 5.51. The minimum Gasteiger partial charge on any atom is -0.370 e. The summed E-state index contributed by atoms with van der Waals surface area (Å²) in [4.78, 5) is 6.76. The molecule has 0 saturated carbocycles. The Labute approximate surface area is 102 Å². The zero-order chi connectivity index (χ0) is 12.1. The smallest absolute Gasteiger partial charge is 0.186 e. The molecule has 4 nitrogen and oxygen atoms in total. The number of hydrogen-bond donors (Lipinski definition) is 2. The van der Waals surface area contributed by atoms with Crippen molar-refractivity contribution in [2.45, 2.75) is 18.9 Å². The van der Waals surface area contributed by atoms with Gasteiger partial charge in [-0.05, 0) is 31.5 Å². The van der Waals surface area contributed by atoms with Crippen LogP contribution in [-0.4, -0.2) is 30.5 Å². The summed E-state index contributed by atoms with van der Waals surface area (Å²) in [6.07, 6.45) is 2.56. The van der Waals surface area contributed by atoms with Crippen molar-refractivity contribution in [3.05, 3.63) is 35.9 Å². The second-order valence-corrected chi connectivity index (χ2v) is 4.49. The van der Waals surface area contributed by atoms with Crippen LogP contribution in [0.3, 0.4) is 0 Å². The van der Waals surface area contributed by atoms with Crippen LogP contribution in [0, 0.1) is 0 Å². The normalized spacial score (nSPS) is 17.9. The Kier molecular flexibility index (Phi) is 3.98. The number of rotatable bonds is 4. The van der Waals surface area contributed by atoms with E-state index in [-0.39, 0.29) is 12.0 Å². The fourth-order valence-electron chi connectivity index (χ4n) is 2.29. The van der Waals surface area contributed by atoms with Crippen molar-refractivity contribution in [1.29, 1.82) is 0 Å². The van der Waals surface area contributed by atoms with Crippen molar-refractivity contribution in [2.75, 3.05) is 19.6 Å². The van der Waals surface area contributed by atoms with E-state index >= 15 is 0 Å². The molecule has 1 heterocycles. The summed E-state index contributed by atoms with van der Waals surface area (Å²) in [5, 5.41) is 0. The van der Waals surface area contributed by atoms with E-state index in [2.05, 4.69) is 22.0 Å². The highest BCUT2D eigenvalue weighted by Crippen LogP contribution is 2.20. The van der Waals surface area contributed by atoms with Crippen molar-refractivity contribution < 1.29 is 0 Å². The van der Waals surface area contributed by atoms with E-state index in [1.807, 2.05) is 18.2 Å². The number of benzene rings is 1. The maximum atomic E-state index is 5.51. The van der Waals surface area contributed by atoms with Gasteiger partial charge in [0.15, 0.2) is 5.96 Å². The largest absolute Gasteiger partial charge is 0.370 e. The molecule has 0 bridgehead atoms. The van der Waals surface area contributed by atoms with Gasteiger partial charge in [0.05, 0.1) is 6.04 Å². The molecule has 1 saturated heterocycles. The summed E-state index contributed by atoms with van der Waals surface area (Å²) in [5.74, 6) is 0.165. The van der Waals surface area contributed by atoms with E-state index in [1.54, 1.807) is 0 Å². The third kappa shape index (κ3) is 3.46. The lowest BCUT2D eigenvalue weighted by Gasteiger charge is -2.21. The average molecular weight is 232 g/mol. The lowest BCUT2D eigenvalue weighted by Crippen LogP contribution is -2.29. The lowest BCUT2D eigenvalue weighted by atomic mass is 10.1. The van der Waals surface area contributed by atoms with Gasteiger partial charge in [0.1, 0.15) is 0 Å². The SMILES string of the molecule is NC(N)=NC(CN1CCCC1)c1ccccc1. The van der Waals surface area contributed by atoms with Gasteiger partial charge in [-0.25, -0.2) is 4.99 Å². The molecule has 17 heavy (non-hydrogen) atoms. The van der Waals surface area contributed by atoms with Crippen LogP contribution in [-0.2, 0) is 0 Å². The Bertz CT molecular complexity index is 364. The molecule has 0 aromatic heterocycles. The van der Waals surface area contributed by atoms with Crippen LogP contribution in [0.5, 0.6) is 0 Å². The van der Waals surface area contributed by atoms with Gasteiger partial charge in [-0.15, -0.1) is 0 Å².